The number of hydrogen-bond acceptors (Lipinski definition) is 4. The van der Waals surface area contributed by atoms with Crippen LogP contribution in [-0.4, -0.2) is 44.6 Å². The zero-order chi connectivity index (χ0) is 23.5. The van der Waals surface area contributed by atoms with Gasteiger partial charge in [0.15, 0.2) is 0 Å². The Hall–Kier alpha value is -2.74. The molecule has 34 heavy (non-hydrogen) atoms. The lowest BCUT2D eigenvalue weighted by molar-refractivity contribution is 0.103. The molecule has 5 nitrogen and oxygen atoms in total. The van der Waals surface area contributed by atoms with Gasteiger partial charge in [0, 0.05) is 24.7 Å². The van der Waals surface area contributed by atoms with Crippen LogP contribution in [0.5, 0.6) is 5.75 Å². The molecule has 2 atom stereocenters. The minimum absolute atomic E-state index is 0.0200. The second kappa shape index (κ2) is 9.86. The van der Waals surface area contributed by atoms with Crippen molar-refractivity contribution in [3.8, 4) is 16.9 Å². The molecule has 2 aliphatic heterocycles. The van der Waals surface area contributed by atoms with Gasteiger partial charge in [0.2, 0.25) is 10.0 Å². The van der Waals surface area contributed by atoms with Gasteiger partial charge in [0.05, 0.1) is 4.90 Å². The summed E-state index contributed by atoms with van der Waals surface area (Å²) in [4.78, 5) is 2.45. The number of nitrogens with zero attached hydrogens (tertiary/aromatic N) is 1. The lowest BCUT2D eigenvalue weighted by atomic mass is 9.98. The molecule has 1 N–H and O–H groups in total. The molecule has 2 bridgehead atoms. The molecule has 2 saturated heterocycles. The van der Waals surface area contributed by atoms with E-state index in [0.29, 0.717) is 18.7 Å². The van der Waals surface area contributed by atoms with Gasteiger partial charge in [-0.3, -0.25) is 4.90 Å². The smallest absolute Gasteiger partial charge is 0.240 e. The summed E-state index contributed by atoms with van der Waals surface area (Å²) in [6, 6.07) is 24.1. The van der Waals surface area contributed by atoms with E-state index in [-0.39, 0.29) is 10.9 Å². The summed E-state index contributed by atoms with van der Waals surface area (Å²) >= 11 is 0. The van der Waals surface area contributed by atoms with Gasteiger partial charge in [-0.1, -0.05) is 48.5 Å². The van der Waals surface area contributed by atoms with Crippen LogP contribution < -0.4 is 9.46 Å². The van der Waals surface area contributed by atoms with Gasteiger partial charge in [0.1, 0.15) is 18.2 Å². The van der Waals surface area contributed by atoms with Crippen molar-refractivity contribution in [3.63, 3.8) is 0 Å². The van der Waals surface area contributed by atoms with Crippen molar-refractivity contribution in [2.75, 3.05) is 13.2 Å². The number of rotatable bonds is 8. The number of hydrogen-bond donors (Lipinski definition) is 1. The number of nitrogens with one attached hydrogen (secondary N) is 1. The first-order chi connectivity index (χ1) is 16.5. The van der Waals surface area contributed by atoms with Crippen molar-refractivity contribution in [2.45, 2.75) is 48.7 Å². The Balaban J connectivity index is 1.16. The van der Waals surface area contributed by atoms with E-state index in [0.717, 1.165) is 55.2 Å². The SMILES string of the molecule is O=S(=O)(NC1CC2CCC(C1)N2CCOc1cccc(-c2ccccc2)c1)c1cccc(F)c1. The topological polar surface area (TPSA) is 58.6 Å². The van der Waals surface area contributed by atoms with E-state index in [2.05, 4.69) is 33.9 Å². The molecule has 7 heteroatoms. The van der Waals surface area contributed by atoms with Crippen LogP contribution in [0.4, 0.5) is 4.39 Å². The lowest BCUT2D eigenvalue weighted by Crippen LogP contribution is -2.51. The van der Waals surface area contributed by atoms with Crippen molar-refractivity contribution < 1.29 is 17.5 Å². The average Bonchev–Trinajstić information content (AvgIpc) is 3.07. The van der Waals surface area contributed by atoms with Gasteiger partial charge in [-0.25, -0.2) is 17.5 Å². The number of fused-ring (bicyclic) bond motifs is 2. The molecule has 0 aromatic heterocycles. The van der Waals surface area contributed by atoms with Crippen molar-refractivity contribution in [2.24, 2.45) is 0 Å². The molecule has 178 valence electrons. The third-order valence-electron chi connectivity index (χ3n) is 6.87. The average molecular weight is 481 g/mol. The fourth-order valence-corrected chi connectivity index (χ4v) is 6.61. The van der Waals surface area contributed by atoms with E-state index in [1.54, 1.807) is 0 Å². The first kappa shape index (κ1) is 23.0. The molecule has 0 radical (unpaired) electrons. The first-order valence-electron chi connectivity index (χ1n) is 11.8. The van der Waals surface area contributed by atoms with Crippen LogP contribution in [0.25, 0.3) is 11.1 Å². The highest BCUT2D eigenvalue weighted by atomic mass is 32.2. The summed E-state index contributed by atoms with van der Waals surface area (Å²) in [6.45, 7) is 1.40. The van der Waals surface area contributed by atoms with Crippen LogP contribution in [0.2, 0.25) is 0 Å². The Bertz CT molecular complexity index is 1220. The van der Waals surface area contributed by atoms with Gasteiger partial charge < -0.3 is 4.74 Å². The fourth-order valence-electron chi connectivity index (χ4n) is 5.32. The summed E-state index contributed by atoms with van der Waals surface area (Å²) in [5.41, 5.74) is 2.29. The summed E-state index contributed by atoms with van der Waals surface area (Å²) in [5.74, 6) is 0.304. The molecular formula is C27H29FN2O3S. The van der Waals surface area contributed by atoms with Gasteiger partial charge in [-0.05, 0) is 67.1 Å². The van der Waals surface area contributed by atoms with Crippen LogP contribution in [-0.2, 0) is 10.0 Å². The molecule has 3 aromatic rings. The molecule has 3 aromatic carbocycles. The summed E-state index contributed by atoms with van der Waals surface area (Å²) in [7, 11) is -3.73. The van der Waals surface area contributed by atoms with Crippen LogP contribution in [0.15, 0.2) is 83.8 Å². The van der Waals surface area contributed by atoms with E-state index in [9.17, 15) is 12.8 Å². The highest BCUT2D eigenvalue weighted by molar-refractivity contribution is 7.89. The minimum Gasteiger partial charge on any atom is -0.492 e. The fraction of sp³-hybridized carbons (Fsp3) is 0.333. The molecule has 2 unspecified atom stereocenters. The highest BCUT2D eigenvalue weighted by Gasteiger charge is 2.41. The molecule has 0 saturated carbocycles. The van der Waals surface area contributed by atoms with E-state index >= 15 is 0 Å². The molecule has 2 fully saturated rings. The van der Waals surface area contributed by atoms with E-state index in [1.807, 2.05) is 30.3 Å². The minimum atomic E-state index is -3.73. The molecule has 0 amide bonds. The number of benzene rings is 3. The largest absolute Gasteiger partial charge is 0.492 e. The van der Waals surface area contributed by atoms with Gasteiger partial charge >= 0.3 is 0 Å². The lowest BCUT2D eigenvalue weighted by Gasteiger charge is -2.39. The van der Waals surface area contributed by atoms with Gasteiger partial charge in [-0.15, -0.1) is 0 Å². The normalized spacial score (nSPS) is 22.6. The van der Waals surface area contributed by atoms with E-state index in [1.165, 1.54) is 18.2 Å². The quantitative estimate of drug-likeness (QED) is 0.501. The molecule has 5 rings (SSSR count). The summed E-state index contributed by atoms with van der Waals surface area (Å²) < 4.78 is 47.8. The standard InChI is InChI=1S/C27H29FN2O3S/c28-22-9-5-11-27(17-22)34(31,32)29-23-18-24-12-13-25(19-23)30(24)14-15-33-26-10-4-8-21(16-26)20-6-2-1-3-7-20/h1-11,16-17,23-25,29H,12-15,18-19H2. The monoisotopic (exact) mass is 480 g/mol. The maximum atomic E-state index is 13.5. The second-order valence-electron chi connectivity index (χ2n) is 9.11. The molecule has 2 heterocycles. The zero-order valence-corrected chi connectivity index (χ0v) is 19.8. The molecule has 2 aliphatic rings. The van der Waals surface area contributed by atoms with Crippen molar-refractivity contribution in [3.05, 3.63) is 84.7 Å². The second-order valence-corrected chi connectivity index (χ2v) is 10.8. The Kier molecular flexibility index (Phi) is 6.68. The summed E-state index contributed by atoms with van der Waals surface area (Å²) in [5, 5.41) is 0. The summed E-state index contributed by atoms with van der Waals surface area (Å²) in [6.07, 6.45) is 3.64. The zero-order valence-electron chi connectivity index (χ0n) is 18.9. The van der Waals surface area contributed by atoms with Crippen molar-refractivity contribution >= 4 is 10.0 Å². The van der Waals surface area contributed by atoms with Crippen molar-refractivity contribution in [1.29, 1.82) is 0 Å². The van der Waals surface area contributed by atoms with Crippen LogP contribution in [0.3, 0.4) is 0 Å². The predicted molar refractivity (Wildman–Crippen MR) is 131 cm³/mol. The van der Waals surface area contributed by atoms with Crippen molar-refractivity contribution in [1.82, 2.24) is 9.62 Å². The van der Waals surface area contributed by atoms with Crippen LogP contribution in [0, 0.1) is 5.82 Å². The number of ether oxygens (including phenoxy) is 1. The highest BCUT2D eigenvalue weighted by Crippen LogP contribution is 2.36. The predicted octanol–water partition coefficient (Wildman–Crippen LogP) is 4.85. The Morgan fingerprint density at radius 1 is 0.882 bits per heavy atom. The maximum Gasteiger partial charge on any atom is 0.240 e. The third-order valence-corrected chi connectivity index (χ3v) is 8.39. The molecule has 0 spiro atoms. The van der Waals surface area contributed by atoms with Crippen LogP contribution >= 0.6 is 0 Å². The van der Waals surface area contributed by atoms with Gasteiger partial charge in [0.25, 0.3) is 0 Å². The van der Waals surface area contributed by atoms with E-state index < -0.39 is 15.8 Å². The van der Waals surface area contributed by atoms with Gasteiger partial charge in [-0.2, -0.15) is 0 Å². The maximum absolute atomic E-state index is 13.5. The third kappa shape index (κ3) is 5.17. The molecular weight excluding hydrogens is 451 g/mol. The number of halogens is 1. The Morgan fingerprint density at radius 3 is 2.32 bits per heavy atom. The van der Waals surface area contributed by atoms with E-state index in [4.69, 9.17) is 4.74 Å². The van der Waals surface area contributed by atoms with Crippen LogP contribution in [0.1, 0.15) is 25.7 Å². The number of sulfonamides is 1. The number of piperidine rings is 1. The first-order valence-corrected chi connectivity index (χ1v) is 13.3. The molecule has 0 aliphatic carbocycles. The Morgan fingerprint density at radius 2 is 1.59 bits per heavy atom. The Labute approximate surface area is 200 Å².